The van der Waals surface area contributed by atoms with E-state index in [0.29, 0.717) is 12.8 Å². The summed E-state index contributed by atoms with van der Waals surface area (Å²) in [6, 6.07) is -0.862. The molecule has 14 heteroatoms. The molecule has 0 saturated carbocycles. The van der Waals surface area contributed by atoms with Crippen LogP contribution in [0, 0.1) is 0 Å². The second kappa shape index (κ2) is 60.6. The maximum Gasteiger partial charge on any atom is 0.220 e. The molecule has 526 valence electrons. The van der Waals surface area contributed by atoms with Gasteiger partial charge in [0.2, 0.25) is 5.91 Å². The summed E-state index contributed by atoms with van der Waals surface area (Å²) in [6.45, 7) is 2.75. The van der Waals surface area contributed by atoms with E-state index in [0.717, 1.165) is 89.9 Å². The summed E-state index contributed by atoms with van der Waals surface area (Å²) >= 11 is 0. The lowest BCUT2D eigenvalue weighted by molar-refractivity contribution is -0.359. The largest absolute Gasteiger partial charge is 0.394 e. The van der Waals surface area contributed by atoms with Crippen LogP contribution in [0.15, 0.2) is 97.2 Å². The van der Waals surface area contributed by atoms with Gasteiger partial charge in [-0.1, -0.05) is 304 Å². The fourth-order valence-electron chi connectivity index (χ4n) is 11.7. The van der Waals surface area contributed by atoms with Gasteiger partial charge in [-0.05, 0) is 77.0 Å². The van der Waals surface area contributed by atoms with Crippen molar-refractivity contribution in [2.75, 3.05) is 19.8 Å². The molecule has 2 fully saturated rings. The Labute approximate surface area is 553 Å². The molecular weight excluding hydrogens is 1150 g/mol. The lowest BCUT2D eigenvalue weighted by atomic mass is 9.97. The zero-order valence-corrected chi connectivity index (χ0v) is 57.3. The number of nitrogens with one attached hydrogen (secondary N) is 1. The summed E-state index contributed by atoms with van der Waals surface area (Å²) in [5, 5.41) is 87.7. The lowest BCUT2D eigenvalue weighted by Gasteiger charge is -2.46. The summed E-state index contributed by atoms with van der Waals surface area (Å²) in [6.07, 6.45) is 68.6. The van der Waals surface area contributed by atoms with Crippen molar-refractivity contribution in [3.8, 4) is 0 Å². The summed E-state index contributed by atoms with van der Waals surface area (Å²) in [4.78, 5) is 13.4. The van der Waals surface area contributed by atoms with Crippen LogP contribution < -0.4 is 5.32 Å². The van der Waals surface area contributed by atoms with Gasteiger partial charge in [0, 0.05) is 6.42 Å². The maximum absolute atomic E-state index is 13.4. The molecule has 9 N–H and O–H groups in total. The number of rotatable bonds is 60. The van der Waals surface area contributed by atoms with Crippen LogP contribution in [0.25, 0.3) is 0 Å². The Morgan fingerprint density at radius 3 is 1.14 bits per heavy atom. The third kappa shape index (κ3) is 44.3. The Kier molecular flexibility index (Phi) is 55.9. The van der Waals surface area contributed by atoms with Crippen LogP contribution in [-0.2, 0) is 23.7 Å². The molecule has 0 aromatic carbocycles. The number of ether oxygens (including phenoxy) is 4. The highest BCUT2D eigenvalue weighted by molar-refractivity contribution is 5.76. The summed E-state index contributed by atoms with van der Waals surface area (Å²) in [5.41, 5.74) is 0. The lowest BCUT2D eigenvalue weighted by Crippen LogP contribution is -2.65. The van der Waals surface area contributed by atoms with E-state index >= 15 is 0 Å². The van der Waals surface area contributed by atoms with Crippen LogP contribution in [0.1, 0.15) is 290 Å². The Balaban J connectivity index is 1.68. The third-order valence-corrected chi connectivity index (χ3v) is 17.6. The summed E-state index contributed by atoms with van der Waals surface area (Å²) < 4.78 is 22.9. The molecule has 0 radical (unpaired) electrons. The number of allylic oxidation sites excluding steroid dienone is 16. The highest BCUT2D eigenvalue weighted by Gasteiger charge is 2.51. The van der Waals surface area contributed by atoms with Crippen molar-refractivity contribution in [3.63, 3.8) is 0 Å². The Morgan fingerprint density at radius 2 is 0.758 bits per heavy atom. The molecule has 0 spiro atoms. The number of aliphatic hydroxyl groups is 8. The molecule has 1 amide bonds. The van der Waals surface area contributed by atoms with Crippen molar-refractivity contribution < 1.29 is 64.6 Å². The predicted octanol–water partition coefficient (Wildman–Crippen LogP) is 15.7. The van der Waals surface area contributed by atoms with Gasteiger partial charge in [0.15, 0.2) is 12.6 Å². The van der Waals surface area contributed by atoms with Gasteiger partial charge in [-0.25, -0.2) is 0 Å². The highest BCUT2D eigenvalue weighted by Crippen LogP contribution is 2.30. The standard InChI is InChI=1S/C77H135NO13/c1-3-5-7-9-11-13-15-17-19-21-23-25-27-29-31-32-33-35-36-38-40-42-44-46-48-50-52-54-56-58-60-66(81)65(64-88-76-74(87)72(85)75(68(63-80)90-76)91-77-73(86)71(84)70(83)67(62-79)89-77)78-69(82)61-59-57-55-53-51-49-47-45-43-41-39-37-34-30-28-26-24-22-20-18-16-14-12-10-8-6-4-2/h6,8,12,14,18,20,24,26,30,34,39,41,45,47,51,53,65-68,70-77,79-81,83-87H,3-5,7,9-11,13,15-17,19,21-23,25,27-29,31-33,35-38,40,42-44,46,48-50,52,54-64H2,1-2H3,(H,78,82)/b8-6-,14-12-,20-18-,26-24-,34-30-,41-39-,47-45-,53-51-. The number of carbonyl (C=O) groups is 1. The topological polar surface area (TPSA) is 228 Å². The first-order valence-electron chi connectivity index (χ1n) is 37.0. The molecule has 12 atom stereocenters. The maximum atomic E-state index is 13.4. The monoisotopic (exact) mass is 1280 g/mol. The van der Waals surface area contributed by atoms with E-state index in [9.17, 15) is 45.6 Å². The van der Waals surface area contributed by atoms with Crippen molar-refractivity contribution in [3.05, 3.63) is 97.2 Å². The first kappa shape index (κ1) is 84.0. The highest BCUT2D eigenvalue weighted by atomic mass is 16.7. The normalized spacial score (nSPS) is 23.4. The van der Waals surface area contributed by atoms with E-state index in [-0.39, 0.29) is 18.9 Å². The van der Waals surface area contributed by atoms with Crippen LogP contribution in [0.4, 0.5) is 0 Å². The molecule has 91 heavy (non-hydrogen) atoms. The Hall–Kier alpha value is -3.09. The van der Waals surface area contributed by atoms with Crippen LogP contribution in [0.5, 0.6) is 0 Å². The molecule has 2 aliphatic rings. The predicted molar refractivity (Wildman–Crippen MR) is 373 cm³/mol. The zero-order chi connectivity index (χ0) is 65.9. The molecule has 2 rings (SSSR count). The number of hydrogen-bond donors (Lipinski definition) is 9. The number of amides is 1. The van der Waals surface area contributed by atoms with Crippen LogP contribution in [-0.4, -0.2) is 140 Å². The van der Waals surface area contributed by atoms with Crippen molar-refractivity contribution in [1.82, 2.24) is 5.32 Å². The summed E-state index contributed by atoms with van der Waals surface area (Å²) in [5.74, 6) is -0.249. The molecule has 2 aliphatic heterocycles. The number of unbranched alkanes of at least 4 members (excludes halogenated alkanes) is 31. The molecule has 2 saturated heterocycles. The molecule has 12 unspecified atom stereocenters. The Bertz CT molecular complexity index is 1900. The Morgan fingerprint density at radius 1 is 0.407 bits per heavy atom. The average molecular weight is 1280 g/mol. The number of hydrogen-bond acceptors (Lipinski definition) is 13. The van der Waals surface area contributed by atoms with E-state index in [1.165, 1.54) is 167 Å². The van der Waals surface area contributed by atoms with E-state index in [1.807, 2.05) is 0 Å². The number of aliphatic hydroxyl groups excluding tert-OH is 8. The van der Waals surface area contributed by atoms with E-state index in [2.05, 4.69) is 116 Å². The SMILES string of the molecule is CC/C=C\C/C=C\C/C=C\C/C=C\C/C=C\C/C=C\C/C=C\C/C=C\CCCCC(=O)NC(COC1OC(CO)C(OC2OC(CO)C(O)C(O)C2O)C(O)C1O)C(O)CCCCCCCCCCCCCCCCCCCCCCCCCCCCCCCC. The van der Waals surface area contributed by atoms with Gasteiger partial charge >= 0.3 is 0 Å². The van der Waals surface area contributed by atoms with Gasteiger partial charge in [-0.2, -0.15) is 0 Å². The van der Waals surface area contributed by atoms with Crippen molar-refractivity contribution in [1.29, 1.82) is 0 Å². The van der Waals surface area contributed by atoms with E-state index < -0.39 is 86.8 Å². The van der Waals surface area contributed by atoms with E-state index in [1.54, 1.807) is 0 Å². The summed E-state index contributed by atoms with van der Waals surface area (Å²) in [7, 11) is 0. The fourth-order valence-corrected chi connectivity index (χ4v) is 11.7. The number of carbonyl (C=O) groups excluding carboxylic acids is 1. The minimum atomic E-state index is -1.79. The zero-order valence-electron chi connectivity index (χ0n) is 57.3. The minimum absolute atomic E-state index is 0.243. The van der Waals surface area contributed by atoms with Gasteiger partial charge in [0.1, 0.15) is 48.8 Å². The second-order valence-electron chi connectivity index (χ2n) is 25.7. The van der Waals surface area contributed by atoms with Crippen LogP contribution in [0.2, 0.25) is 0 Å². The molecule has 14 nitrogen and oxygen atoms in total. The van der Waals surface area contributed by atoms with Gasteiger partial charge in [-0.15, -0.1) is 0 Å². The smallest absolute Gasteiger partial charge is 0.220 e. The first-order chi connectivity index (χ1) is 44.6. The second-order valence-corrected chi connectivity index (χ2v) is 25.7. The van der Waals surface area contributed by atoms with Crippen LogP contribution >= 0.6 is 0 Å². The molecule has 2 heterocycles. The van der Waals surface area contributed by atoms with Crippen molar-refractivity contribution >= 4 is 5.91 Å². The molecule has 0 aromatic rings. The molecule has 0 bridgehead atoms. The quantitative estimate of drug-likeness (QED) is 0.0204. The van der Waals surface area contributed by atoms with Crippen molar-refractivity contribution in [2.45, 2.75) is 364 Å². The van der Waals surface area contributed by atoms with Crippen molar-refractivity contribution in [2.24, 2.45) is 0 Å². The molecule has 0 aliphatic carbocycles. The third-order valence-electron chi connectivity index (χ3n) is 17.6. The average Bonchev–Trinajstić information content (AvgIpc) is 1.07. The van der Waals surface area contributed by atoms with Crippen LogP contribution in [0.3, 0.4) is 0 Å². The molecule has 0 aromatic heterocycles. The van der Waals surface area contributed by atoms with Gasteiger partial charge in [0.05, 0.1) is 32.0 Å². The van der Waals surface area contributed by atoms with Gasteiger partial charge in [-0.3, -0.25) is 4.79 Å². The molecular formula is C77H135NO13. The van der Waals surface area contributed by atoms with Gasteiger partial charge < -0.3 is 65.1 Å². The van der Waals surface area contributed by atoms with E-state index in [4.69, 9.17) is 18.9 Å². The fraction of sp³-hybridized carbons (Fsp3) is 0.779. The van der Waals surface area contributed by atoms with Gasteiger partial charge in [0.25, 0.3) is 0 Å². The minimum Gasteiger partial charge on any atom is -0.394 e. The first-order valence-corrected chi connectivity index (χ1v) is 37.0.